The van der Waals surface area contributed by atoms with E-state index in [0.717, 1.165) is 13.8 Å². The average molecular weight is 291 g/mol. The summed E-state index contributed by atoms with van der Waals surface area (Å²) >= 11 is 0. The zero-order chi connectivity index (χ0) is 16.2. The van der Waals surface area contributed by atoms with Crippen LogP contribution in [0.5, 0.6) is 0 Å². The fraction of sp³-hybridized carbons (Fsp3) is 0.750. The zero-order valence-corrected chi connectivity index (χ0v) is 11.4. The summed E-state index contributed by atoms with van der Waals surface area (Å²) in [5.41, 5.74) is 0. The molecule has 0 unspecified atom stereocenters. The molecule has 0 aromatic heterocycles. The third-order valence-corrected chi connectivity index (χ3v) is 2.41. The molecule has 1 aliphatic rings. The van der Waals surface area contributed by atoms with Crippen LogP contribution in [0.3, 0.4) is 0 Å². The first-order valence-corrected chi connectivity index (χ1v) is 5.96. The van der Waals surface area contributed by atoms with Gasteiger partial charge in [0.1, 0.15) is 18.8 Å². The number of aliphatic hydroxyl groups is 1. The second-order valence-corrected chi connectivity index (χ2v) is 4.21. The molecule has 1 fully saturated rings. The van der Waals surface area contributed by atoms with E-state index in [9.17, 15) is 19.5 Å². The van der Waals surface area contributed by atoms with Crippen LogP contribution in [0.25, 0.3) is 0 Å². The highest BCUT2D eigenvalue weighted by atomic mass is 16.7. The third-order valence-electron chi connectivity index (χ3n) is 2.41. The summed E-state index contributed by atoms with van der Waals surface area (Å²) in [6, 6.07) is 0. The van der Waals surface area contributed by atoms with Gasteiger partial charge >= 0.3 is 17.9 Å². The van der Waals surface area contributed by atoms with Crippen molar-refractivity contribution in [1.29, 1.82) is 0 Å². The standard InChI is InChI=1S/C12H18O8/c1-6(13)17-5-10-12(19-8(3)15)9(18-7(2)14)4-11(16)20-10/h9-12,16H,4-5H2,1-3H3/t9-,10-,11-,12-/m1/s1/i4D/t4-,9+,10+,11+,12+/m0. The lowest BCUT2D eigenvalue weighted by Gasteiger charge is -2.38. The van der Waals surface area contributed by atoms with E-state index >= 15 is 0 Å². The van der Waals surface area contributed by atoms with Crippen molar-refractivity contribution in [3.63, 3.8) is 0 Å². The molecule has 0 amide bonds. The summed E-state index contributed by atoms with van der Waals surface area (Å²) in [5, 5.41) is 9.67. The lowest BCUT2D eigenvalue weighted by Crippen LogP contribution is -2.53. The maximum absolute atomic E-state index is 11.2. The smallest absolute Gasteiger partial charge is 0.303 e. The lowest BCUT2D eigenvalue weighted by molar-refractivity contribution is -0.252. The topological polar surface area (TPSA) is 108 Å². The van der Waals surface area contributed by atoms with Crippen molar-refractivity contribution < 1.29 is 39.8 Å². The number of carbonyl (C=O) groups excluding carboxylic acids is 3. The molecule has 114 valence electrons. The number of hydrogen-bond donors (Lipinski definition) is 1. The van der Waals surface area contributed by atoms with Crippen LogP contribution in [0.15, 0.2) is 0 Å². The van der Waals surface area contributed by atoms with Gasteiger partial charge in [-0.2, -0.15) is 0 Å². The highest BCUT2D eigenvalue weighted by Crippen LogP contribution is 2.25. The molecule has 20 heavy (non-hydrogen) atoms. The average Bonchev–Trinajstić information content (AvgIpc) is 2.35. The number of aliphatic hydroxyl groups excluding tert-OH is 1. The monoisotopic (exact) mass is 291 g/mol. The van der Waals surface area contributed by atoms with Gasteiger partial charge in [0.05, 0.1) is 0 Å². The first kappa shape index (κ1) is 14.7. The number of rotatable bonds is 4. The van der Waals surface area contributed by atoms with E-state index in [-0.39, 0.29) is 6.61 Å². The van der Waals surface area contributed by atoms with Gasteiger partial charge in [0.25, 0.3) is 0 Å². The summed E-state index contributed by atoms with van der Waals surface area (Å²) < 4.78 is 27.6. The van der Waals surface area contributed by atoms with E-state index < -0.39 is 48.9 Å². The van der Waals surface area contributed by atoms with Crippen LogP contribution in [-0.4, -0.2) is 54.2 Å². The van der Waals surface area contributed by atoms with E-state index in [1.54, 1.807) is 0 Å². The van der Waals surface area contributed by atoms with Crippen LogP contribution in [0.1, 0.15) is 28.5 Å². The third kappa shape index (κ3) is 5.14. The molecule has 0 saturated carbocycles. The Morgan fingerprint density at radius 1 is 1.20 bits per heavy atom. The van der Waals surface area contributed by atoms with Crippen LogP contribution in [0.4, 0.5) is 0 Å². The van der Waals surface area contributed by atoms with Gasteiger partial charge in [0.15, 0.2) is 12.4 Å². The maximum Gasteiger partial charge on any atom is 0.303 e. The van der Waals surface area contributed by atoms with Gasteiger partial charge in [-0.15, -0.1) is 0 Å². The molecule has 1 aliphatic heterocycles. The molecule has 1 heterocycles. The number of esters is 3. The summed E-state index contributed by atoms with van der Waals surface area (Å²) in [4.78, 5) is 33.1. The minimum atomic E-state index is -1.57. The van der Waals surface area contributed by atoms with Crippen LogP contribution >= 0.6 is 0 Å². The Morgan fingerprint density at radius 2 is 1.80 bits per heavy atom. The lowest BCUT2D eigenvalue weighted by atomic mass is 10.0. The molecule has 0 spiro atoms. The van der Waals surface area contributed by atoms with E-state index in [4.69, 9.17) is 20.3 Å². The van der Waals surface area contributed by atoms with Gasteiger partial charge in [-0.25, -0.2) is 0 Å². The molecule has 1 rings (SSSR count). The summed E-state index contributed by atoms with van der Waals surface area (Å²) in [6.07, 6.45) is -6.35. The van der Waals surface area contributed by atoms with Crippen molar-refractivity contribution in [3.05, 3.63) is 0 Å². The van der Waals surface area contributed by atoms with Crippen LogP contribution < -0.4 is 0 Å². The van der Waals surface area contributed by atoms with Gasteiger partial charge in [-0.1, -0.05) is 0 Å². The van der Waals surface area contributed by atoms with Crippen molar-refractivity contribution in [1.82, 2.24) is 0 Å². The predicted molar refractivity (Wildman–Crippen MR) is 63.2 cm³/mol. The van der Waals surface area contributed by atoms with Gasteiger partial charge in [-0.05, 0) is 0 Å². The molecular formula is C12H18O8. The Balaban J connectivity index is 2.94. The molecule has 0 radical (unpaired) electrons. The zero-order valence-electron chi connectivity index (χ0n) is 12.4. The first-order valence-electron chi connectivity index (χ1n) is 6.53. The summed E-state index contributed by atoms with van der Waals surface area (Å²) in [6.45, 7) is 3.13. The second kappa shape index (κ2) is 7.20. The van der Waals surface area contributed by atoms with Crippen LogP contribution in [0, 0.1) is 0 Å². The van der Waals surface area contributed by atoms with Gasteiger partial charge in [0, 0.05) is 28.5 Å². The molecule has 8 nitrogen and oxygen atoms in total. The second-order valence-electron chi connectivity index (χ2n) is 4.21. The van der Waals surface area contributed by atoms with Crippen molar-refractivity contribution in [2.24, 2.45) is 0 Å². The summed E-state index contributed by atoms with van der Waals surface area (Å²) in [7, 11) is 0. The molecule has 1 N–H and O–H groups in total. The Morgan fingerprint density at radius 3 is 2.30 bits per heavy atom. The minimum absolute atomic E-state index is 0.311. The number of ether oxygens (including phenoxy) is 4. The Hall–Kier alpha value is -1.67. The summed E-state index contributed by atoms with van der Waals surface area (Å²) in [5.74, 6) is -1.97. The fourth-order valence-electron chi connectivity index (χ4n) is 1.75. The molecule has 1 saturated heterocycles. The van der Waals surface area contributed by atoms with E-state index in [2.05, 4.69) is 0 Å². The molecule has 0 bridgehead atoms. The Labute approximate surface area is 117 Å². The van der Waals surface area contributed by atoms with E-state index in [1.807, 2.05) is 0 Å². The molecule has 8 heteroatoms. The SMILES string of the molecule is [2H][C@H]1[C@@H](OC(C)=O)[C@@H](OC(C)=O)[C@@H](COC(C)=O)O[C@H]1O. The highest BCUT2D eigenvalue weighted by Gasteiger charge is 2.43. The first-order chi connectivity index (χ1) is 9.72. The van der Waals surface area contributed by atoms with Crippen LogP contribution in [-0.2, 0) is 33.3 Å². The molecule has 0 aromatic carbocycles. The van der Waals surface area contributed by atoms with Crippen molar-refractivity contribution in [2.75, 3.05) is 6.61 Å². The highest BCUT2D eigenvalue weighted by molar-refractivity contribution is 5.67. The quantitative estimate of drug-likeness (QED) is 0.546. The van der Waals surface area contributed by atoms with Crippen molar-refractivity contribution in [3.8, 4) is 0 Å². The molecule has 5 atom stereocenters. The molecule has 0 aliphatic carbocycles. The minimum Gasteiger partial charge on any atom is -0.463 e. The number of carbonyl (C=O) groups is 3. The fourth-order valence-corrected chi connectivity index (χ4v) is 1.75. The van der Waals surface area contributed by atoms with Gasteiger partial charge in [0.2, 0.25) is 0 Å². The largest absolute Gasteiger partial charge is 0.463 e. The normalized spacial score (nSPS) is 33.8. The Bertz CT molecular complexity index is 412. The molecule has 0 aromatic rings. The molecular weight excluding hydrogens is 272 g/mol. The number of hydrogen-bond acceptors (Lipinski definition) is 8. The predicted octanol–water partition coefficient (Wildman–Crippen LogP) is -0.480. The van der Waals surface area contributed by atoms with Gasteiger partial charge in [-0.3, -0.25) is 14.4 Å². The van der Waals surface area contributed by atoms with E-state index in [1.165, 1.54) is 6.92 Å². The van der Waals surface area contributed by atoms with Crippen LogP contribution in [0.2, 0.25) is 0 Å². The van der Waals surface area contributed by atoms with Gasteiger partial charge < -0.3 is 24.1 Å². The Kier molecular flexibility index (Phi) is 5.31. The van der Waals surface area contributed by atoms with Crippen molar-refractivity contribution >= 4 is 17.9 Å². The van der Waals surface area contributed by atoms with E-state index in [0.29, 0.717) is 0 Å². The van der Waals surface area contributed by atoms with Crippen molar-refractivity contribution in [2.45, 2.75) is 51.8 Å². The maximum atomic E-state index is 11.2.